The average Bonchev–Trinajstić information content (AvgIpc) is 2.39. The molecule has 1 atom stereocenters. The third-order valence-corrected chi connectivity index (χ3v) is 2.83. The van der Waals surface area contributed by atoms with E-state index in [4.69, 9.17) is 20.8 Å². The lowest BCUT2D eigenvalue weighted by Crippen LogP contribution is -2.42. The second kappa shape index (κ2) is 4.94. The molecule has 3 N–H and O–H groups in total. The molecule has 0 saturated carbocycles. The number of carboxylic acid groups (broad SMARTS) is 1. The number of carboxylic acids is 1. The molecular formula is C12H13N3O3. The Kier molecular flexibility index (Phi) is 3.35. The molecule has 2 rings (SSSR count). The summed E-state index contributed by atoms with van der Waals surface area (Å²) in [6.45, 7) is 1.41. The molecule has 0 aliphatic carbocycles. The molecule has 94 valence electrons. The first-order valence-corrected chi connectivity index (χ1v) is 5.51. The number of benzene rings is 1. The first kappa shape index (κ1) is 12.2. The summed E-state index contributed by atoms with van der Waals surface area (Å²) in [5.41, 5.74) is 7.16. The SMILES string of the molecule is N#CC1CN(c2cc(C(=O)O)ccc2N)CCO1. The number of morpholine rings is 1. The van der Waals surface area contributed by atoms with Crippen molar-refractivity contribution >= 4 is 17.3 Å². The summed E-state index contributed by atoms with van der Waals surface area (Å²) in [5, 5.41) is 17.8. The van der Waals surface area contributed by atoms with Crippen LogP contribution in [0.25, 0.3) is 0 Å². The van der Waals surface area contributed by atoms with Gasteiger partial charge < -0.3 is 20.5 Å². The summed E-state index contributed by atoms with van der Waals surface area (Å²) >= 11 is 0. The van der Waals surface area contributed by atoms with Gasteiger partial charge in [-0.15, -0.1) is 0 Å². The Morgan fingerprint density at radius 3 is 3.06 bits per heavy atom. The highest BCUT2D eigenvalue weighted by Gasteiger charge is 2.22. The number of carbonyl (C=O) groups is 1. The molecule has 1 saturated heterocycles. The van der Waals surface area contributed by atoms with Crippen molar-refractivity contribution in [1.82, 2.24) is 0 Å². The van der Waals surface area contributed by atoms with Gasteiger partial charge in [0.1, 0.15) is 0 Å². The van der Waals surface area contributed by atoms with Gasteiger partial charge in [0, 0.05) is 6.54 Å². The van der Waals surface area contributed by atoms with Crippen molar-refractivity contribution in [1.29, 1.82) is 5.26 Å². The highest BCUT2D eigenvalue weighted by Crippen LogP contribution is 2.26. The number of nitrogen functional groups attached to an aromatic ring is 1. The van der Waals surface area contributed by atoms with Gasteiger partial charge in [-0.3, -0.25) is 0 Å². The van der Waals surface area contributed by atoms with E-state index in [1.165, 1.54) is 12.1 Å². The molecule has 18 heavy (non-hydrogen) atoms. The number of nitrogens with zero attached hydrogens (tertiary/aromatic N) is 2. The molecule has 0 aromatic heterocycles. The Bertz CT molecular complexity index is 510. The maximum atomic E-state index is 10.9. The molecule has 1 aliphatic heterocycles. The van der Waals surface area contributed by atoms with E-state index in [-0.39, 0.29) is 5.56 Å². The van der Waals surface area contributed by atoms with Crippen molar-refractivity contribution in [2.24, 2.45) is 0 Å². The van der Waals surface area contributed by atoms with Crippen molar-refractivity contribution < 1.29 is 14.6 Å². The molecule has 0 spiro atoms. The molecule has 1 aromatic rings. The van der Waals surface area contributed by atoms with Crippen LogP contribution in [0.5, 0.6) is 0 Å². The lowest BCUT2D eigenvalue weighted by Gasteiger charge is -2.32. The zero-order valence-corrected chi connectivity index (χ0v) is 9.67. The smallest absolute Gasteiger partial charge is 0.335 e. The van der Waals surface area contributed by atoms with Gasteiger partial charge in [0.25, 0.3) is 0 Å². The summed E-state index contributed by atoms with van der Waals surface area (Å²) in [6, 6.07) is 6.59. The Morgan fingerprint density at radius 2 is 2.39 bits per heavy atom. The molecule has 1 aromatic carbocycles. The summed E-state index contributed by atoms with van der Waals surface area (Å²) in [7, 11) is 0. The van der Waals surface area contributed by atoms with Crippen LogP contribution in [0.2, 0.25) is 0 Å². The zero-order valence-electron chi connectivity index (χ0n) is 9.67. The highest BCUT2D eigenvalue weighted by atomic mass is 16.5. The third-order valence-electron chi connectivity index (χ3n) is 2.83. The predicted octanol–water partition coefficient (Wildman–Crippen LogP) is 0.696. The Balaban J connectivity index is 2.29. The number of nitrogens with two attached hydrogens (primary N) is 1. The minimum absolute atomic E-state index is 0.180. The fraction of sp³-hybridized carbons (Fsp3) is 0.333. The predicted molar refractivity (Wildman–Crippen MR) is 65.4 cm³/mol. The largest absolute Gasteiger partial charge is 0.478 e. The molecule has 6 nitrogen and oxygen atoms in total. The molecule has 6 heteroatoms. The Morgan fingerprint density at radius 1 is 1.61 bits per heavy atom. The van der Waals surface area contributed by atoms with E-state index < -0.39 is 12.1 Å². The van der Waals surface area contributed by atoms with Crippen molar-refractivity contribution in [3.8, 4) is 6.07 Å². The van der Waals surface area contributed by atoms with E-state index in [0.717, 1.165) is 0 Å². The van der Waals surface area contributed by atoms with Crippen molar-refractivity contribution in [2.45, 2.75) is 6.10 Å². The van der Waals surface area contributed by atoms with Gasteiger partial charge >= 0.3 is 5.97 Å². The van der Waals surface area contributed by atoms with E-state index in [9.17, 15) is 4.79 Å². The van der Waals surface area contributed by atoms with Crippen LogP contribution in [0.3, 0.4) is 0 Å². The first-order valence-electron chi connectivity index (χ1n) is 5.51. The summed E-state index contributed by atoms with van der Waals surface area (Å²) in [5.74, 6) is -0.999. The van der Waals surface area contributed by atoms with Gasteiger partial charge in [-0.05, 0) is 18.2 Å². The maximum absolute atomic E-state index is 10.9. The molecule has 1 fully saturated rings. The number of ether oxygens (including phenoxy) is 1. The van der Waals surface area contributed by atoms with Crippen LogP contribution in [0.1, 0.15) is 10.4 Å². The highest BCUT2D eigenvalue weighted by molar-refractivity contribution is 5.90. The summed E-state index contributed by atoms with van der Waals surface area (Å²) in [6.07, 6.45) is -0.508. The Hall–Kier alpha value is -2.26. The molecule has 0 bridgehead atoms. The lowest BCUT2D eigenvalue weighted by atomic mass is 10.1. The van der Waals surface area contributed by atoms with Gasteiger partial charge in [-0.25, -0.2) is 4.79 Å². The summed E-state index contributed by atoms with van der Waals surface area (Å²) in [4.78, 5) is 12.8. The van der Waals surface area contributed by atoms with Gasteiger partial charge in [0.2, 0.25) is 0 Å². The molecule has 1 aliphatic rings. The molecular weight excluding hydrogens is 234 g/mol. The molecule has 1 heterocycles. The number of aromatic carboxylic acids is 1. The van der Waals surface area contributed by atoms with Crippen molar-refractivity contribution in [3.05, 3.63) is 23.8 Å². The van der Waals surface area contributed by atoms with Crippen LogP contribution >= 0.6 is 0 Å². The fourth-order valence-corrected chi connectivity index (χ4v) is 1.90. The van der Waals surface area contributed by atoms with Crippen LogP contribution in [-0.4, -0.2) is 36.9 Å². The first-order chi connectivity index (χ1) is 8.61. The monoisotopic (exact) mass is 247 g/mol. The average molecular weight is 247 g/mol. The normalized spacial score (nSPS) is 19.3. The molecule has 0 amide bonds. The van der Waals surface area contributed by atoms with E-state index in [1.54, 1.807) is 6.07 Å². The molecule has 1 unspecified atom stereocenters. The second-order valence-electron chi connectivity index (χ2n) is 4.01. The zero-order chi connectivity index (χ0) is 13.1. The van der Waals surface area contributed by atoms with Crippen LogP contribution in [0, 0.1) is 11.3 Å². The van der Waals surface area contributed by atoms with E-state index in [0.29, 0.717) is 31.1 Å². The topological polar surface area (TPSA) is 99.6 Å². The van der Waals surface area contributed by atoms with Crippen LogP contribution in [0.15, 0.2) is 18.2 Å². The van der Waals surface area contributed by atoms with Crippen LogP contribution in [0.4, 0.5) is 11.4 Å². The minimum Gasteiger partial charge on any atom is -0.478 e. The van der Waals surface area contributed by atoms with Gasteiger partial charge in [-0.2, -0.15) is 5.26 Å². The van der Waals surface area contributed by atoms with E-state index >= 15 is 0 Å². The van der Waals surface area contributed by atoms with Crippen LogP contribution in [-0.2, 0) is 4.74 Å². The number of hydrogen-bond acceptors (Lipinski definition) is 5. The van der Waals surface area contributed by atoms with Gasteiger partial charge in [0.15, 0.2) is 6.10 Å². The standard InChI is InChI=1S/C12H13N3O3/c13-6-9-7-15(3-4-18-9)11-5-8(12(16)17)1-2-10(11)14/h1-2,5,9H,3-4,7,14H2,(H,16,17). The molecule has 0 radical (unpaired) electrons. The lowest BCUT2D eigenvalue weighted by molar-refractivity contribution is 0.0697. The number of anilines is 2. The second-order valence-corrected chi connectivity index (χ2v) is 4.01. The van der Waals surface area contributed by atoms with E-state index in [2.05, 4.69) is 0 Å². The quantitative estimate of drug-likeness (QED) is 0.746. The summed E-state index contributed by atoms with van der Waals surface area (Å²) < 4.78 is 5.24. The van der Waals surface area contributed by atoms with Gasteiger partial charge in [0.05, 0.1) is 36.2 Å². The van der Waals surface area contributed by atoms with Gasteiger partial charge in [-0.1, -0.05) is 0 Å². The van der Waals surface area contributed by atoms with Crippen molar-refractivity contribution in [2.75, 3.05) is 30.3 Å². The fourth-order valence-electron chi connectivity index (χ4n) is 1.90. The van der Waals surface area contributed by atoms with Crippen molar-refractivity contribution in [3.63, 3.8) is 0 Å². The third kappa shape index (κ3) is 2.36. The Labute approximate surface area is 104 Å². The number of rotatable bonds is 2. The number of hydrogen-bond donors (Lipinski definition) is 2. The maximum Gasteiger partial charge on any atom is 0.335 e. The van der Waals surface area contributed by atoms with Crippen LogP contribution < -0.4 is 10.6 Å². The van der Waals surface area contributed by atoms with E-state index in [1.807, 2.05) is 11.0 Å². The minimum atomic E-state index is -0.999. The number of nitriles is 1.